The molecule has 230 valence electrons. The Bertz CT molecular complexity index is 1290. The molecule has 0 unspecified atom stereocenters. The summed E-state index contributed by atoms with van der Waals surface area (Å²) in [5.41, 5.74) is 1.11. The van der Waals surface area contributed by atoms with E-state index in [-0.39, 0.29) is 11.8 Å². The number of amides is 3. The number of thiazole rings is 1. The molecule has 0 atom stereocenters. The highest BCUT2D eigenvalue weighted by Gasteiger charge is 2.28. The molecule has 1 fully saturated rings. The van der Waals surface area contributed by atoms with Crippen LogP contribution in [0, 0.1) is 5.92 Å². The number of ether oxygens (including phenoxy) is 2. The van der Waals surface area contributed by atoms with Gasteiger partial charge in [-0.05, 0) is 70.8 Å². The van der Waals surface area contributed by atoms with Gasteiger partial charge < -0.3 is 25.0 Å². The molecular weight excluding hydrogens is 558 g/mol. The van der Waals surface area contributed by atoms with Gasteiger partial charge in [-0.25, -0.2) is 14.6 Å². The zero-order valence-corrected chi connectivity index (χ0v) is 26.1. The highest BCUT2D eigenvalue weighted by molar-refractivity contribution is 7.17. The summed E-state index contributed by atoms with van der Waals surface area (Å²) >= 11 is 1.28. The molecule has 0 spiro atoms. The Morgan fingerprint density at radius 2 is 1.90 bits per heavy atom. The lowest BCUT2D eigenvalue weighted by Gasteiger charge is -2.33. The first-order valence-electron chi connectivity index (χ1n) is 14.7. The maximum Gasteiger partial charge on any atom is 0.412 e. The Hall–Kier alpha value is -3.61. The SMILES string of the molecule is CCCCOC(=O)NCC1CCN(c2c(NC(=O)c3nc(C4=CCCC4)sc3NC(=O)OC(C)(C)C)cnn2C)CC1. The quantitative estimate of drug-likeness (QED) is 0.291. The molecule has 1 saturated heterocycles. The van der Waals surface area contributed by atoms with Crippen molar-refractivity contribution in [1.29, 1.82) is 0 Å². The number of hydrogen-bond donors (Lipinski definition) is 3. The van der Waals surface area contributed by atoms with Gasteiger partial charge in [0.25, 0.3) is 5.91 Å². The van der Waals surface area contributed by atoms with E-state index in [0.717, 1.165) is 74.4 Å². The zero-order valence-electron chi connectivity index (χ0n) is 25.2. The summed E-state index contributed by atoms with van der Waals surface area (Å²) in [7, 11) is 1.84. The minimum absolute atomic E-state index is 0.138. The van der Waals surface area contributed by atoms with Crippen LogP contribution >= 0.6 is 11.3 Å². The molecule has 2 aliphatic rings. The number of anilines is 3. The van der Waals surface area contributed by atoms with Crippen molar-refractivity contribution in [3.05, 3.63) is 23.0 Å². The van der Waals surface area contributed by atoms with E-state index in [1.165, 1.54) is 11.3 Å². The number of unbranched alkanes of at least 4 members (excludes halogenated alkanes) is 1. The predicted octanol–water partition coefficient (Wildman–Crippen LogP) is 5.79. The first-order valence-corrected chi connectivity index (χ1v) is 15.5. The highest BCUT2D eigenvalue weighted by atomic mass is 32.1. The number of allylic oxidation sites excluding steroid dienone is 2. The smallest absolute Gasteiger partial charge is 0.412 e. The summed E-state index contributed by atoms with van der Waals surface area (Å²) < 4.78 is 12.4. The Labute approximate surface area is 251 Å². The van der Waals surface area contributed by atoms with Gasteiger partial charge in [0.2, 0.25) is 0 Å². The number of alkyl carbamates (subject to hydrolysis) is 1. The van der Waals surface area contributed by atoms with Crippen LogP contribution < -0.4 is 20.9 Å². The second kappa shape index (κ2) is 14.0. The molecule has 2 aromatic heterocycles. The minimum atomic E-state index is -0.680. The Balaban J connectivity index is 1.42. The molecule has 0 bridgehead atoms. The van der Waals surface area contributed by atoms with E-state index in [1.54, 1.807) is 31.6 Å². The molecule has 1 aliphatic carbocycles. The number of aromatic nitrogens is 3. The molecular formula is C29H43N7O5S. The van der Waals surface area contributed by atoms with Gasteiger partial charge in [-0.15, -0.1) is 0 Å². The monoisotopic (exact) mass is 601 g/mol. The van der Waals surface area contributed by atoms with Crippen molar-refractivity contribution in [1.82, 2.24) is 20.1 Å². The van der Waals surface area contributed by atoms with Crippen LogP contribution in [0.5, 0.6) is 0 Å². The first kappa shape index (κ1) is 31.3. The standard InChI is InChI=1S/C29H43N7O5S/c1-6-7-16-40-27(38)30-17-19-12-14-36(15-13-19)26-21(18-31-35(26)5)32-23(37)22-25(34-28(39)41-29(2,3)4)42-24(33-22)20-10-8-9-11-20/h10,18-19H,6-9,11-17H2,1-5H3,(H,30,38)(H,32,37)(H,34,39). The molecule has 12 nitrogen and oxygen atoms in total. The molecule has 0 aromatic carbocycles. The predicted molar refractivity (Wildman–Crippen MR) is 164 cm³/mol. The summed E-state index contributed by atoms with van der Waals surface area (Å²) in [6.07, 6.45) is 9.25. The maximum absolute atomic E-state index is 13.6. The Morgan fingerprint density at radius 1 is 1.14 bits per heavy atom. The summed E-state index contributed by atoms with van der Waals surface area (Å²) in [6.45, 7) is 9.92. The summed E-state index contributed by atoms with van der Waals surface area (Å²) in [6, 6.07) is 0. The van der Waals surface area contributed by atoms with Crippen molar-refractivity contribution in [3.63, 3.8) is 0 Å². The average Bonchev–Trinajstić information content (AvgIpc) is 3.68. The van der Waals surface area contributed by atoms with Gasteiger partial charge in [0.05, 0.1) is 12.8 Å². The number of carbonyl (C=O) groups excluding carboxylic acids is 3. The number of rotatable bonds is 10. The van der Waals surface area contributed by atoms with E-state index in [1.807, 2.05) is 7.05 Å². The highest BCUT2D eigenvalue weighted by Crippen LogP contribution is 2.36. The number of carbonyl (C=O) groups is 3. The lowest BCUT2D eigenvalue weighted by atomic mass is 9.97. The van der Waals surface area contributed by atoms with Crippen LogP contribution in [-0.2, 0) is 16.5 Å². The number of piperidine rings is 1. The number of nitrogens with one attached hydrogen (secondary N) is 3. The lowest BCUT2D eigenvalue weighted by molar-refractivity contribution is 0.0636. The van der Waals surface area contributed by atoms with Crippen molar-refractivity contribution >= 4 is 51.5 Å². The number of aryl methyl sites for hydroxylation is 1. The van der Waals surface area contributed by atoms with Gasteiger partial charge in [-0.2, -0.15) is 5.10 Å². The maximum atomic E-state index is 13.6. The third kappa shape index (κ3) is 8.46. The molecule has 2 aromatic rings. The second-order valence-electron chi connectivity index (χ2n) is 11.7. The molecule has 42 heavy (non-hydrogen) atoms. The van der Waals surface area contributed by atoms with Gasteiger partial charge in [0.15, 0.2) is 11.5 Å². The van der Waals surface area contributed by atoms with Gasteiger partial charge in [0.1, 0.15) is 21.3 Å². The van der Waals surface area contributed by atoms with Crippen LogP contribution in [-0.4, -0.2) is 64.7 Å². The molecule has 0 saturated carbocycles. The Morgan fingerprint density at radius 3 is 2.57 bits per heavy atom. The molecule has 0 radical (unpaired) electrons. The van der Waals surface area contributed by atoms with E-state index in [9.17, 15) is 14.4 Å². The normalized spacial score (nSPS) is 15.7. The summed E-state index contributed by atoms with van der Waals surface area (Å²) in [5.74, 6) is 0.701. The Kier molecular flexibility index (Phi) is 10.5. The molecule has 3 N–H and O–H groups in total. The van der Waals surface area contributed by atoms with Gasteiger partial charge in [-0.3, -0.25) is 14.8 Å². The summed E-state index contributed by atoms with van der Waals surface area (Å²) in [4.78, 5) is 44.9. The van der Waals surface area contributed by atoms with Crippen LogP contribution in [0.2, 0.25) is 0 Å². The van der Waals surface area contributed by atoms with Crippen LogP contribution in [0.3, 0.4) is 0 Å². The van der Waals surface area contributed by atoms with Crippen LogP contribution in [0.15, 0.2) is 12.3 Å². The largest absolute Gasteiger partial charge is 0.450 e. The summed E-state index contributed by atoms with van der Waals surface area (Å²) in [5, 5.41) is 14.1. The van der Waals surface area contributed by atoms with Gasteiger partial charge in [0, 0.05) is 26.7 Å². The van der Waals surface area contributed by atoms with Crippen LogP contribution in [0.1, 0.15) is 88.1 Å². The zero-order chi connectivity index (χ0) is 30.3. The second-order valence-corrected chi connectivity index (χ2v) is 12.7. The molecule has 3 amide bonds. The van der Waals surface area contributed by atoms with Crippen molar-refractivity contribution in [2.45, 2.75) is 78.2 Å². The average molecular weight is 602 g/mol. The van der Waals surface area contributed by atoms with E-state index in [4.69, 9.17) is 9.47 Å². The molecule has 4 rings (SSSR count). The molecule has 3 heterocycles. The first-order chi connectivity index (χ1) is 20.0. The van der Waals surface area contributed by atoms with Gasteiger partial charge in [-0.1, -0.05) is 30.8 Å². The molecule has 13 heteroatoms. The fourth-order valence-corrected chi connectivity index (χ4v) is 5.99. The minimum Gasteiger partial charge on any atom is -0.450 e. The van der Waals surface area contributed by atoms with Crippen LogP contribution in [0.4, 0.5) is 26.1 Å². The van der Waals surface area contributed by atoms with Crippen molar-refractivity contribution in [3.8, 4) is 0 Å². The molecule has 1 aliphatic heterocycles. The number of nitrogens with zero attached hydrogens (tertiary/aromatic N) is 4. The van der Waals surface area contributed by atoms with E-state index in [2.05, 4.69) is 43.9 Å². The van der Waals surface area contributed by atoms with Crippen LogP contribution in [0.25, 0.3) is 5.57 Å². The fourth-order valence-electron chi connectivity index (χ4n) is 4.97. The van der Waals surface area contributed by atoms with E-state index < -0.39 is 17.6 Å². The topological polar surface area (TPSA) is 140 Å². The van der Waals surface area contributed by atoms with Crippen molar-refractivity contribution in [2.75, 3.05) is 41.8 Å². The van der Waals surface area contributed by atoms with Crippen molar-refractivity contribution in [2.24, 2.45) is 13.0 Å². The fraction of sp³-hybridized carbons (Fsp3) is 0.621. The number of hydrogen-bond acceptors (Lipinski definition) is 9. The van der Waals surface area contributed by atoms with Crippen molar-refractivity contribution < 1.29 is 23.9 Å². The van der Waals surface area contributed by atoms with E-state index in [0.29, 0.717) is 29.8 Å². The van der Waals surface area contributed by atoms with Gasteiger partial charge >= 0.3 is 12.2 Å². The third-order valence-electron chi connectivity index (χ3n) is 7.11. The lowest BCUT2D eigenvalue weighted by Crippen LogP contribution is -2.39. The third-order valence-corrected chi connectivity index (χ3v) is 8.15. The van der Waals surface area contributed by atoms with E-state index >= 15 is 0 Å².